The van der Waals surface area contributed by atoms with Crippen LogP contribution in [0.5, 0.6) is 0 Å². The van der Waals surface area contributed by atoms with Crippen LogP contribution in [0.25, 0.3) is 0 Å². The van der Waals surface area contributed by atoms with E-state index in [2.05, 4.69) is 38.1 Å². The maximum atomic E-state index is 8.77. The quantitative estimate of drug-likeness (QED) is 0.758. The van der Waals surface area contributed by atoms with E-state index in [-0.39, 0.29) is 6.61 Å². The molecule has 0 saturated carbocycles. The fraction of sp³-hybridized carbons (Fsp3) is 0.571. The molecule has 0 unspecified atom stereocenters. The van der Waals surface area contributed by atoms with Crippen LogP contribution >= 0.6 is 0 Å². The average molecular weight is 206 g/mol. The van der Waals surface area contributed by atoms with Crippen LogP contribution in [0.3, 0.4) is 0 Å². The summed E-state index contributed by atoms with van der Waals surface area (Å²) < 4.78 is 0. The molecule has 1 heteroatoms. The van der Waals surface area contributed by atoms with E-state index < -0.39 is 0 Å². The SMILES string of the molecule is CC(C)CCc1cccc(CCCO)c1. The number of aryl methyl sites for hydroxylation is 2. The molecule has 1 aromatic rings. The van der Waals surface area contributed by atoms with Crippen LogP contribution in [0.2, 0.25) is 0 Å². The third-order valence-electron chi connectivity index (χ3n) is 2.63. The zero-order valence-electron chi connectivity index (χ0n) is 9.87. The van der Waals surface area contributed by atoms with Crippen LogP contribution in [0.1, 0.15) is 37.8 Å². The van der Waals surface area contributed by atoms with Gasteiger partial charge in [0.15, 0.2) is 0 Å². The lowest BCUT2D eigenvalue weighted by molar-refractivity contribution is 0.288. The van der Waals surface area contributed by atoms with Gasteiger partial charge in [-0.25, -0.2) is 0 Å². The summed E-state index contributed by atoms with van der Waals surface area (Å²) in [5.41, 5.74) is 2.78. The summed E-state index contributed by atoms with van der Waals surface area (Å²) in [5.74, 6) is 0.770. The van der Waals surface area contributed by atoms with E-state index in [1.54, 1.807) is 0 Å². The van der Waals surface area contributed by atoms with Gasteiger partial charge in [-0.1, -0.05) is 38.1 Å². The predicted molar refractivity (Wildman–Crippen MR) is 65.0 cm³/mol. The Hall–Kier alpha value is -0.820. The topological polar surface area (TPSA) is 20.2 Å². The molecule has 0 aliphatic rings. The zero-order valence-corrected chi connectivity index (χ0v) is 9.87. The molecule has 0 radical (unpaired) electrons. The number of aliphatic hydroxyl groups excluding tert-OH is 1. The highest BCUT2D eigenvalue weighted by atomic mass is 16.2. The van der Waals surface area contributed by atoms with Crippen LogP contribution in [-0.4, -0.2) is 11.7 Å². The van der Waals surface area contributed by atoms with E-state index in [1.807, 2.05) is 0 Å². The Labute approximate surface area is 93.1 Å². The molecule has 0 heterocycles. The van der Waals surface area contributed by atoms with Crippen molar-refractivity contribution >= 4 is 0 Å². The monoisotopic (exact) mass is 206 g/mol. The molecule has 84 valence electrons. The van der Waals surface area contributed by atoms with Crippen LogP contribution in [-0.2, 0) is 12.8 Å². The first kappa shape index (κ1) is 12.3. The molecule has 0 aromatic heterocycles. The Morgan fingerprint density at radius 3 is 2.40 bits per heavy atom. The molecule has 0 aliphatic heterocycles. The van der Waals surface area contributed by atoms with Gasteiger partial charge in [-0.05, 0) is 42.7 Å². The van der Waals surface area contributed by atoms with Crippen molar-refractivity contribution in [1.29, 1.82) is 0 Å². The van der Waals surface area contributed by atoms with Gasteiger partial charge in [-0.3, -0.25) is 0 Å². The van der Waals surface area contributed by atoms with E-state index in [0.29, 0.717) is 0 Å². The maximum Gasteiger partial charge on any atom is 0.0434 e. The first-order chi connectivity index (χ1) is 7.22. The molecule has 0 bridgehead atoms. The average Bonchev–Trinajstić information content (AvgIpc) is 2.24. The Morgan fingerprint density at radius 1 is 1.13 bits per heavy atom. The Bertz CT molecular complexity index is 278. The molecular formula is C14H22O. The maximum absolute atomic E-state index is 8.77. The van der Waals surface area contributed by atoms with Gasteiger partial charge in [0.25, 0.3) is 0 Å². The highest BCUT2D eigenvalue weighted by Crippen LogP contribution is 2.12. The number of benzene rings is 1. The molecule has 1 aromatic carbocycles. The first-order valence-corrected chi connectivity index (χ1v) is 5.91. The van der Waals surface area contributed by atoms with Gasteiger partial charge in [0, 0.05) is 6.61 Å². The molecule has 0 amide bonds. The van der Waals surface area contributed by atoms with E-state index >= 15 is 0 Å². The standard InChI is InChI=1S/C14H22O/c1-12(2)8-9-14-6-3-5-13(11-14)7-4-10-15/h3,5-6,11-12,15H,4,7-10H2,1-2H3. The second-order valence-electron chi connectivity index (χ2n) is 4.58. The Morgan fingerprint density at radius 2 is 1.80 bits per heavy atom. The molecule has 1 rings (SSSR count). The van der Waals surface area contributed by atoms with Crippen LogP contribution in [0, 0.1) is 5.92 Å². The number of aliphatic hydroxyl groups is 1. The van der Waals surface area contributed by atoms with E-state index in [0.717, 1.165) is 18.8 Å². The minimum atomic E-state index is 0.288. The third kappa shape index (κ3) is 4.98. The third-order valence-corrected chi connectivity index (χ3v) is 2.63. The summed E-state index contributed by atoms with van der Waals surface area (Å²) in [6, 6.07) is 8.75. The molecule has 1 nitrogen and oxygen atoms in total. The van der Waals surface area contributed by atoms with E-state index in [1.165, 1.54) is 24.0 Å². The van der Waals surface area contributed by atoms with E-state index in [4.69, 9.17) is 5.11 Å². The fourth-order valence-corrected chi connectivity index (χ4v) is 1.68. The number of hydrogen-bond acceptors (Lipinski definition) is 1. The molecule has 0 aliphatic carbocycles. The van der Waals surface area contributed by atoms with Gasteiger partial charge in [0.05, 0.1) is 0 Å². The smallest absolute Gasteiger partial charge is 0.0434 e. The molecule has 0 fully saturated rings. The van der Waals surface area contributed by atoms with Gasteiger partial charge in [-0.2, -0.15) is 0 Å². The zero-order chi connectivity index (χ0) is 11.1. The summed E-state index contributed by atoms with van der Waals surface area (Å²) in [7, 11) is 0. The minimum absolute atomic E-state index is 0.288. The molecule has 0 saturated heterocycles. The molecule has 0 spiro atoms. The summed E-state index contributed by atoms with van der Waals surface area (Å²) >= 11 is 0. The van der Waals surface area contributed by atoms with Gasteiger partial charge in [0.2, 0.25) is 0 Å². The molecule has 15 heavy (non-hydrogen) atoms. The summed E-state index contributed by atoms with van der Waals surface area (Å²) in [5, 5.41) is 8.77. The Balaban J connectivity index is 2.50. The molecular weight excluding hydrogens is 184 g/mol. The largest absolute Gasteiger partial charge is 0.396 e. The van der Waals surface area contributed by atoms with Crippen molar-refractivity contribution < 1.29 is 5.11 Å². The highest BCUT2D eigenvalue weighted by Gasteiger charge is 1.98. The van der Waals surface area contributed by atoms with Crippen molar-refractivity contribution in [3.05, 3.63) is 35.4 Å². The normalized spacial score (nSPS) is 10.9. The summed E-state index contributed by atoms with van der Waals surface area (Å²) in [4.78, 5) is 0. The predicted octanol–water partition coefficient (Wildman–Crippen LogP) is 3.20. The van der Waals surface area contributed by atoms with E-state index in [9.17, 15) is 0 Å². The lowest BCUT2D eigenvalue weighted by atomic mass is 10.00. The van der Waals surface area contributed by atoms with Crippen LogP contribution in [0.15, 0.2) is 24.3 Å². The lowest BCUT2D eigenvalue weighted by Crippen LogP contribution is -1.94. The van der Waals surface area contributed by atoms with Gasteiger partial charge >= 0.3 is 0 Å². The second-order valence-corrected chi connectivity index (χ2v) is 4.58. The van der Waals surface area contributed by atoms with Crippen molar-refractivity contribution in [2.24, 2.45) is 5.92 Å². The Kier molecular flexibility index (Phi) is 5.41. The van der Waals surface area contributed by atoms with Crippen molar-refractivity contribution in [3.63, 3.8) is 0 Å². The van der Waals surface area contributed by atoms with Gasteiger partial charge in [-0.15, -0.1) is 0 Å². The van der Waals surface area contributed by atoms with Crippen molar-refractivity contribution in [3.8, 4) is 0 Å². The second kappa shape index (κ2) is 6.62. The molecule has 0 atom stereocenters. The van der Waals surface area contributed by atoms with Crippen molar-refractivity contribution in [1.82, 2.24) is 0 Å². The minimum Gasteiger partial charge on any atom is -0.396 e. The van der Waals surface area contributed by atoms with Gasteiger partial charge in [0.1, 0.15) is 0 Å². The fourth-order valence-electron chi connectivity index (χ4n) is 1.68. The van der Waals surface area contributed by atoms with Crippen molar-refractivity contribution in [2.75, 3.05) is 6.61 Å². The number of rotatable bonds is 6. The van der Waals surface area contributed by atoms with Gasteiger partial charge < -0.3 is 5.11 Å². The lowest BCUT2D eigenvalue weighted by Gasteiger charge is -2.06. The van der Waals surface area contributed by atoms with Crippen LogP contribution < -0.4 is 0 Å². The first-order valence-electron chi connectivity index (χ1n) is 5.91. The highest BCUT2D eigenvalue weighted by molar-refractivity contribution is 5.23. The van der Waals surface area contributed by atoms with Crippen LogP contribution in [0.4, 0.5) is 0 Å². The summed E-state index contributed by atoms with van der Waals surface area (Å²) in [6.45, 7) is 4.81. The van der Waals surface area contributed by atoms with Crippen molar-refractivity contribution in [2.45, 2.75) is 39.5 Å². The molecule has 1 N–H and O–H groups in total. The summed E-state index contributed by atoms with van der Waals surface area (Å²) in [6.07, 6.45) is 4.29. The number of hydrogen-bond donors (Lipinski definition) is 1.